The lowest BCUT2D eigenvalue weighted by Gasteiger charge is -2.17. The summed E-state index contributed by atoms with van der Waals surface area (Å²) in [4.78, 5) is 53.7. The van der Waals surface area contributed by atoms with Gasteiger partial charge in [0.2, 0.25) is 5.91 Å². The Morgan fingerprint density at radius 2 is 1.76 bits per heavy atom. The van der Waals surface area contributed by atoms with E-state index in [0.717, 1.165) is 16.7 Å². The van der Waals surface area contributed by atoms with E-state index in [0.29, 0.717) is 11.1 Å². The van der Waals surface area contributed by atoms with Crippen LogP contribution in [-0.4, -0.2) is 45.5 Å². The molecule has 1 aromatic heterocycles. The van der Waals surface area contributed by atoms with Gasteiger partial charge in [0.15, 0.2) is 5.82 Å². The number of aromatic nitrogens is 2. The number of hydrogen-bond acceptors (Lipinski definition) is 9. The Kier molecular flexibility index (Phi) is 9.11. The number of benzene rings is 2. The first kappa shape index (κ1) is 30.3. The Hall–Kier alpha value is -5.21. The molecule has 2 aromatic carbocycles. The molecule has 12 nitrogen and oxygen atoms in total. The molecule has 3 rings (SSSR count). The van der Waals surface area contributed by atoms with E-state index in [1.807, 2.05) is 0 Å². The van der Waals surface area contributed by atoms with E-state index < -0.39 is 41.7 Å². The van der Waals surface area contributed by atoms with E-state index in [1.165, 1.54) is 12.3 Å². The highest BCUT2D eigenvalue weighted by Gasteiger charge is 2.42. The monoisotopic (exact) mass is 573 g/mol. The second-order valence-corrected chi connectivity index (χ2v) is 9.09. The van der Waals surface area contributed by atoms with Gasteiger partial charge in [0.1, 0.15) is 12.4 Å². The van der Waals surface area contributed by atoms with Gasteiger partial charge < -0.3 is 26.8 Å². The van der Waals surface area contributed by atoms with E-state index in [9.17, 15) is 32.3 Å². The Morgan fingerprint density at radius 1 is 1.10 bits per heavy atom. The fraction of sp³-hybridized carbons (Fsp3) is 0.231. The highest BCUT2D eigenvalue weighted by molar-refractivity contribution is 5.99. The molecular weight excluding hydrogens is 547 g/mol. The summed E-state index contributed by atoms with van der Waals surface area (Å²) >= 11 is 0. The zero-order valence-corrected chi connectivity index (χ0v) is 21.8. The van der Waals surface area contributed by atoms with Gasteiger partial charge in [0, 0.05) is 29.4 Å². The minimum Gasteiger partial charge on any atom is -0.399 e. The van der Waals surface area contributed by atoms with Crippen LogP contribution in [0.1, 0.15) is 35.3 Å². The molecule has 3 aromatic rings. The molecule has 7 N–H and O–H groups in total. The number of hydrogen-bond donors (Lipinski definition) is 5. The lowest BCUT2D eigenvalue weighted by Crippen LogP contribution is -2.35. The molecule has 0 aliphatic rings. The predicted octanol–water partition coefficient (Wildman–Crippen LogP) is 2.16. The van der Waals surface area contributed by atoms with Gasteiger partial charge in [-0.15, -0.1) is 0 Å². The van der Waals surface area contributed by atoms with Crippen LogP contribution in [0, 0.1) is 5.41 Å². The summed E-state index contributed by atoms with van der Waals surface area (Å²) in [7, 11) is 0. The molecule has 15 heteroatoms. The summed E-state index contributed by atoms with van der Waals surface area (Å²) in [5.74, 6) is -5.09. The topological polar surface area (TPSA) is 195 Å². The second-order valence-electron chi connectivity index (χ2n) is 9.09. The number of nitrogen functional groups attached to an aromatic ring is 2. The molecule has 0 fully saturated rings. The van der Waals surface area contributed by atoms with Crippen molar-refractivity contribution in [2.75, 3.05) is 11.1 Å². The first-order valence-corrected chi connectivity index (χ1v) is 12.0. The third-order valence-electron chi connectivity index (χ3n) is 5.44. The van der Waals surface area contributed by atoms with Crippen LogP contribution in [0.25, 0.3) is 11.3 Å². The van der Waals surface area contributed by atoms with Crippen molar-refractivity contribution in [1.29, 1.82) is 5.41 Å². The maximum atomic E-state index is 13.3. The van der Waals surface area contributed by atoms with Gasteiger partial charge in [-0.1, -0.05) is 24.3 Å². The highest BCUT2D eigenvalue weighted by atomic mass is 19.4. The average Bonchev–Trinajstić information content (AvgIpc) is 2.88. The third kappa shape index (κ3) is 7.90. The summed E-state index contributed by atoms with van der Waals surface area (Å²) in [5, 5.41) is 13.0. The fourth-order valence-corrected chi connectivity index (χ4v) is 3.57. The number of nitrogens with zero attached hydrogens (tertiary/aromatic N) is 2. The Labute approximate surface area is 231 Å². The SMILES string of the molecule is CC(C)Nc1ncc(-c2cc(N)cc(C(=O)OC(=O)C(F)(F)F)c2)n(CC(=O)NCc2ccc(C(=N)N)cc2)c1=O. The number of nitrogens with two attached hydrogens (primary N) is 2. The van der Waals surface area contributed by atoms with E-state index >= 15 is 0 Å². The smallest absolute Gasteiger partial charge is 0.399 e. The molecule has 0 saturated carbocycles. The zero-order chi connectivity index (χ0) is 30.5. The number of anilines is 2. The van der Waals surface area contributed by atoms with Gasteiger partial charge in [-0.05, 0) is 37.6 Å². The summed E-state index contributed by atoms with van der Waals surface area (Å²) in [6.07, 6.45) is -4.17. The molecule has 1 heterocycles. The molecular formula is C26H26F3N7O5. The molecule has 41 heavy (non-hydrogen) atoms. The first-order valence-electron chi connectivity index (χ1n) is 12.0. The van der Waals surface area contributed by atoms with Crippen LogP contribution in [0.15, 0.2) is 53.5 Å². The van der Waals surface area contributed by atoms with Crippen LogP contribution < -0.4 is 27.7 Å². The fourth-order valence-electron chi connectivity index (χ4n) is 3.57. The summed E-state index contributed by atoms with van der Waals surface area (Å²) in [6, 6.07) is 9.72. The average molecular weight is 574 g/mol. The van der Waals surface area contributed by atoms with Crippen molar-refractivity contribution in [2.45, 2.75) is 39.2 Å². The maximum Gasteiger partial charge on any atom is 0.491 e. The maximum absolute atomic E-state index is 13.3. The van der Waals surface area contributed by atoms with Crippen molar-refractivity contribution in [3.63, 3.8) is 0 Å². The highest BCUT2D eigenvalue weighted by Crippen LogP contribution is 2.25. The van der Waals surface area contributed by atoms with Crippen molar-refractivity contribution >= 4 is 35.2 Å². The number of nitrogens with one attached hydrogen (secondary N) is 3. The predicted molar refractivity (Wildman–Crippen MR) is 143 cm³/mol. The quantitative estimate of drug-likeness (QED) is 0.0838. The summed E-state index contributed by atoms with van der Waals surface area (Å²) in [6.45, 7) is 3.11. The van der Waals surface area contributed by atoms with Gasteiger partial charge in [-0.3, -0.25) is 19.6 Å². The van der Waals surface area contributed by atoms with E-state index in [-0.39, 0.29) is 41.2 Å². The number of amides is 1. The molecule has 0 spiro atoms. The van der Waals surface area contributed by atoms with Crippen molar-refractivity contribution in [1.82, 2.24) is 14.9 Å². The van der Waals surface area contributed by atoms with Crippen molar-refractivity contribution in [2.24, 2.45) is 5.73 Å². The zero-order valence-electron chi connectivity index (χ0n) is 21.8. The Balaban J connectivity index is 1.95. The van der Waals surface area contributed by atoms with Gasteiger partial charge in [-0.25, -0.2) is 14.6 Å². The molecule has 0 radical (unpaired) electrons. The Morgan fingerprint density at radius 3 is 2.34 bits per heavy atom. The van der Waals surface area contributed by atoms with Gasteiger partial charge >= 0.3 is 18.1 Å². The number of alkyl halides is 3. The number of carbonyl (C=O) groups excluding carboxylic acids is 3. The lowest BCUT2D eigenvalue weighted by atomic mass is 10.1. The molecule has 0 atom stereocenters. The number of amidine groups is 1. The molecule has 0 unspecified atom stereocenters. The van der Waals surface area contributed by atoms with Gasteiger partial charge in [0.25, 0.3) is 5.56 Å². The van der Waals surface area contributed by atoms with Crippen molar-refractivity contribution < 1.29 is 32.3 Å². The molecule has 0 aliphatic carbocycles. The van der Waals surface area contributed by atoms with Gasteiger partial charge in [0.05, 0.1) is 17.5 Å². The summed E-state index contributed by atoms with van der Waals surface area (Å²) in [5.41, 5.74) is 11.2. The van der Waals surface area contributed by atoms with Crippen LogP contribution in [-0.2, 0) is 27.4 Å². The van der Waals surface area contributed by atoms with E-state index in [2.05, 4.69) is 20.4 Å². The van der Waals surface area contributed by atoms with Crippen molar-refractivity contribution in [3.8, 4) is 11.3 Å². The second kappa shape index (κ2) is 12.3. The Bertz CT molecular complexity index is 1550. The molecule has 0 bridgehead atoms. The number of rotatable bonds is 9. The minimum atomic E-state index is -5.40. The third-order valence-corrected chi connectivity index (χ3v) is 5.44. The lowest BCUT2D eigenvalue weighted by molar-refractivity contribution is -0.193. The number of ether oxygens (including phenoxy) is 1. The molecule has 0 aliphatic heterocycles. The molecule has 0 saturated heterocycles. The van der Waals surface area contributed by atoms with Crippen LogP contribution in [0.4, 0.5) is 24.7 Å². The summed E-state index contributed by atoms with van der Waals surface area (Å²) < 4.78 is 42.6. The molecule has 1 amide bonds. The van der Waals surface area contributed by atoms with Crippen LogP contribution >= 0.6 is 0 Å². The first-order chi connectivity index (χ1) is 19.1. The van der Waals surface area contributed by atoms with Crippen LogP contribution in [0.5, 0.6) is 0 Å². The number of halogens is 3. The standard InChI is InChI=1S/C26H26F3N7O5/c1-13(2)35-22-23(38)36(12-20(37)33-10-14-3-5-15(6-4-14)21(31)32)19(11-34-22)16-7-17(9-18(30)8-16)24(39)41-25(40)26(27,28)29/h3-9,11,13H,10,12,30H2,1-2H3,(H3,31,32)(H,33,37)(H,34,35). The number of carbonyl (C=O) groups is 3. The van der Waals surface area contributed by atoms with E-state index in [1.54, 1.807) is 38.1 Å². The van der Waals surface area contributed by atoms with Crippen molar-refractivity contribution in [3.05, 3.63) is 75.7 Å². The molecule has 216 valence electrons. The van der Waals surface area contributed by atoms with Gasteiger partial charge in [-0.2, -0.15) is 13.2 Å². The normalized spacial score (nSPS) is 11.2. The minimum absolute atomic E-state index is 0.00812. The van der Waals surface area contributed by atoms with Crippen LogP contribution in [0.2, 0.25) is 0 Å². The van der Waals surface area contributed by atoms with E-state index in [4.69, 9.17) is 16.9 Å². The number of esters is 2. The van der Waals surface area contributed by atoms with Crippen LogP contribution in [0.3, 0.4) is 0 Å². The largest absolute Gasteiger partial charge is 0.491 e.